The van der Waals surface area contributed by atoms with Crippen molar-refractivity contribution >= 4 is 21.6 Å². The third-order valence-electron chi connectivity index (χ3n) is 1.76. The fraction of sp³-hybridized carbons (Fsp3) is 0.375. The van der Waals surface area contributed by atoms with Crippen LogP contribution in [0.5, 0.6) is 0 Å². The van der Waals surface area contributed by atoms with Gasteiger partial charge in [-0.25, -0.2) is 0 Å². The fourth-order valence-corrected chi connectivity index (χ4v) is 1.78. The lowest BCUT2D eigenvalue weighted by atomic mass is 10.1. The molecule has 0 unspecified atom stereocenters. The van der Waals surface area contributed by atoms with E-state index in [0.717, 1.165) is 15.8 Å². The smallest absolute Gasteiger partial charge is 0.0770 e. The standard InChI is InChI=1S/C8H9N3S/c1-5(2)8-6-3-10-12-7(6)4-9-11-8/h3-5H,1-2H3. The molecule has 0 saturated carbocycles. The molecule has 2 heterocycles. The van der Waals surface area contributed by atoms with Crippen LogP contribution in [0.2, 0.25) is 0 Å². The first kappa shape index (κ1) is 7.61. The molecule has 0 saturated heterocycles. The topological polar surface area (TPSA) is 38.7 Å². The minimum absolute atomic E-state index is 0.414. The molecule has 0 fully saturated rings. The van der Waals surface area contributed by atoms with Gasteiger partial charge in [0.2, 0.25) is 0 Å². The average molecular weight is 179 g/mol. The fourth-order valence-electron chi connectivity index (χ4n) is 1.16. The molecule has 2 aromatic rings. The van der Waals surface area contributed by atoms with E-state index in [2.05, 4.69) is 28.4 Å². The van der Waals surface area contributed by atoms with Gasteiger partial charge in [-0.15, -0.1) is 0 Å². The Labute approximate surface area is 74.6 Å². The van der Waals surface area contributed by atoms with Gasteiger partial charge < -0.3 is 0 Å². The quantitative estimate of drug-likeness (QED) is 0.673. The summed E-state index contributed by atoms with van der Waals surface area (Å²) in [5.41, 5.74) is 1.04. The van der Waals surface area contributed by atoms with Crippen molar-refractivity contribution in [1.29, 1.82) is 0 Å². The van der Waals surface area contributed by atoms with Crippen molar-refractivity contribution < 1.29 is 0 Å². The Balaban J connectivity index is 2.73. The van der Waals surface area contributed by atoms with Crippen LogP contribution in [0.3, 0.4) is 0 Å². The molecule has 12 heavy (non-hydrogen) atoms. The van der Waals surface area contributed by atoms with E-state index in [4.69, 9.17) is 0 Å². The molecule has 0 aliphatic carbocycles. The molecule has 0 radical (unpaired) electrons. The second-order valence-electron chi connectivity index (χ2n) is 2.99. The molecular formula is C8H9N3S. The number of nitrogens with zero attached hydrogens (tertiary/aromatic N) is 3. The van der Waals surface area contributed by atoms with Crippen molar-refractivity contribution in [1.82, 2.24) is 14.6 Å². The second kappa shape index (κ2) is 2.79. The highest BCUT2D eigenvalue weighted by molar-refractivity contribution is 7.13. The summed E-state index contributed by atoms with van der Waals surface area (Å²) in [5.74, 6) is 0.414. The van der Waals surface area contributed by atoms with Crippen molar-refractivity contribution in [2.24, 2.45) is 0 Å². The second-order valence-corrected chi connectivity index (χ2v) is 3.82. The molecular weight excluding hydrogens is 170 g/mol. The minimum atomic E-state index is 0.414. The SMILES string of the molecule is CC(C)c1nncc2sncc12. The van der Waals surface area contributed by atoms with E-state index >= 15 is 0 Å². The zero-order valence-electron chi connectivity index (χ0n) is 6.98. The van der Waals surface area contributed by atoms with E-state index in [0.29, 0.717) is 5.92 Å². The lowest BCUT2D eigenvalue weighted by molar-refractivity contribution is 0.799. The number of aromatic nitrogens is 3. The van der Waals surface area contributed by atoms with Gasteiger partial charge in [-0.2, -0.15) is 14.6 Å². The summed E-state index contributed by atoms with van der Waals surface area (Å²) in [7, 11) is 0. The predicted octanol–water partition coefficient (Wildman–Crippen LogP) is 2.21. The van der Waals surface area contributed by atoms with Crippen LogP contribution in [0, 0.1) is 0 Å². The zero-order chi connectivity index (χ0) is 8.55. The van der Waals surface area contributed by atoms with Crippen LogP contribution in [0.4, 0.5) is 0 Å². The Morgan fingerprint density at radius 3 is 2.92 bits per heavy atom. The van der Waals surface area contributed by atoms with Crippen molar-refractivity contribution in [3.05, 3.63) is 18.1 Å². The third kappa shape index (κ3) is 1.08. The maximum atomic E-state index is 4.11. The number of hydrogen-bond acceptors (Lipinski definition) is 4. The van der Waals surface area contributed by atoms with Crippen molar-refractivity contribution in [2.75, 3.05) is 0 Å². The predicted molar refractivity (Wildman–Crippen MR) is 49.3 cm³/mol. The molecule has 0 spiro atoms. The Bertz CT molecular complexity index is 394. The first-order valence-corrected chi connectivity index (χ1v) is 4.62. The number of rotatable bonds is 1. The maximum absolute atomic E-state index is 4.11. The van der Waals surface area contributed by atoms with Gasteiger partial charge in [-0.05, 0) is 17.5 Å². The van der Waals surface area contributed by atoms with Crippen LogP contribution in [0.15, 0.2) is 12.4 Å². The van der Waals surface area contributed by atoms with E-state index in [1.807, 2.05) is 6.20 Å². The van der Waals surface area contributed by atoms with Gasteiger partial charge in [0.25, 0.3) is 0 Å². The Morgan fingerprint density at radius 1 is 1.33 bits per heavy atom. The lowest BCUT2D eigenvalue weighted by Gasteiger charge is -2.02. The highest BCUT2D eigenvalue weighted by atomic mass is 32.1. The lowest BCUT2D eigenvalue weighted by Crippen LogP contribution is -1.94. The van der Waals surface area contributed by atoms with Gasteiger partial charge in [0.05, 0.1) is 22.8 Å². The number of fused-ring (bicyclic) bond motifs is 1. The molecule has 0 amide bonds. The molecule has 2 aromatic heterocycles. The van der Waals surface area contributed by atoms with Gasteiger partial charge in [-0.3, -0.25) is 0 Å². The summed E-state index contributed by atoms with van der Waals surface area (Å²) in [4.78, 5) is 0. The Hall–Kier alpha value is -1.03. The van der Waals surface area contributed by atoms with E-state index in [1.165, 1.54) is 11.5 Å². The van der Waals surface area contributed by atoms with Gasteiger partial charge in [-0.1, -0.05) is 13.8 Å². The van der Waals surface area contributed by atoms with Crippen molar-refractivity contribution in [3.8, 4) is 0 Å². The van der Waals surface area contributed by atoms with Gasteiger partial charge >= 0.3 is 0 Å². The first-order valence-electron chi connectivity index (χ1n) is 3.85. The molecule has 0 aliphatic heterocycles. The van der Waals surface area contributed by atoms with Crippen LogP contribution in [-0.4, -0.2) is 14.6 Å². The summed E-state index contributed by atoms with van der Waals surface area (Å²) in [6, 6.07) is 0. The van der Waals surface area contributed by atoms with E-state index in [-0.39, 0.29) is 0 Å². The van der Waals surface area contributed by atoms with Crippen LogP contribution >= 0.6 is 11.5 Å². The first-order chi connectivity index (χ1) is 5.79. The molecule has 0 N–H and O–H groups in total. The molecule has 4 heteroatoms. The summed E-state index contributed by atoms with van der Waals surface area (Å²) in [6.07, 6.45) is 3.63. The molecule has 62 valence electrons. The van der Waals surface area contributed by atoms with E-state index in [9.17, 15) is 0 Å². The minimum Gasteiger partial charge on any atom is -0.200 e. The van der Waals surface area contributed by atoms with Gasteiger partial charge in [0.15, 0.2) is 0 Å². The average Bonchev–Trinajstić information content (AvgIpc) is 2.49. The summed E-state index contributed by atoms with van der Waals surface area (Å²) >= 11 is 1.47. The maximum Gasteiger partial charge on any atom is 0.0770 e. The van der Waals surface area contributed by atoms with E-state index in [1.54, 1.807) is 6.20 Å². The van der Waals surface area contributed by atoms with Crippen LogP contribution < -0.4 is 0 Å². The van der Waals surface area contributed by atoms with E-state index < -0.39 is 0 Å². The Morgan fingerprint density at radius 2 is 2.17 bits per heavy atom. The van der Waals surface area contributed by atoms with Crippen molar-refractivity contribution in [2.45, 2.75) is 19.8 Å². The normalized spacial score (nSPS) is 11.2. The molecule has 0 aliphatic rings. The molecule has 0 atom stereocenters. The van der Waals surface area contributed by atoms with Gasteiger partial charge in [0, 0.05) is 5.39 Å². The summed E-state index contributed by atoms with van der Waals surface area (Å²) in [5, 5.41) is 9.17. The molecule has 0 aromatic carbocycles. The highest BCUT2D eigenvalue weighted by Crippen LogP contribution is 2.23. The van der Waals surface area contributed by atoms with Crippen molar-refractivity contribution in [3.63, 3.8) is 0 Å². The molecule has 0 bridgehead atoms. The van der Waals surface area contributed by atoms with Crippen LogP contribution in [0.25, 0.3) is 10.1 Å². The highest BCUT2D eigenvalue weighted by Gasteiger charge is 2.08. The summed E-state index contributed by atoms with van der Waals surface area (Å²) < 4.78 is 5.23. The third-order valence-corrected chi connectivity index (χ3v) is 2.49. The zero-order valence-corrected chi connectivity index (χ0v) is 7.80. The molecule has 2 rings (SSSR count). The largest absolute Gasteiger partial charge is 0.200 e. The Kier molecular flexibility index (Phi) is 1.77. The summed E-state index contributed by atoms with van der Waals surface area (Å²) in [6.45, 7) is 4.22. The molecule has 3 nitrogen and oxygen atoms in total. The van der Waals surface area contributed by atoms with Crippen LogP contribution in [-0.2, 0) is 0 Å². The van der Waals surface area contributed by atoms with Crippen LogP contribution in [0.1, 0.15) is 25.5 Å². The van der Waals surface area contributed by atoms with Gasteiger partial charge in [0.1, 0.15) is 0 Å². The monoisotopic (exact) mass is 179 g/mol. The number of hydrogen-bond donors (Lipinski definition) is 0.